The Balaban J connectivity index is 2.07. The first-order valence-electron chi connectivity index (χ1n) is 7.08. The van der Waals surface area contributed by atoms with Gasteiger partial charge in [0, 0.05) is 41.8 Å². The van der Waals surface area contributed by atoms with E-state index in [0.29, 0.717) is 5.56 Å². The largest absolute Gasteiger partial charge is 0.496 e. The zero-order valence-electron chi connectivity index (χ0n) is 12.7. The molecule has 1 aromatic heterocycles. The quantitative estimate of drug-likeness (QED) is 0.594. The van der Waals surface area contributed by atoms with Gasteiger partial charge in [-0.15, -0.1) is 0 Å². The van der Waals surface area contributed by atoms with E-state index in [2.05, 4.69) is 10.8 Å². The zero-order chi connectivity index (χ0) is 15.7. The number of hydrogen-bond donors (Lipinski definition) is 1. The molecule has 0 atom stereocenters. The van der Waals surface area contributed by atoms with E-state index < -0.39 is 0 Å². The van der Waals surface area contributed by atoms with E-state index in [1.165, 1.54) is 5.56 Å². The number of nitrogens with zero attached hydrogens (tertiary/aromatic N) is 1. The van der Waals surface area contributed by atoms with Gasteiger partial charge in [0.25, 0.3) is 0 Å². The molecule has 2 N–H and O–H groups in total. The molecule has 0 aliphatic rings. The van der Waals surface area contributed by atoms with E-state index in [1.807, 2.05) is 37.4 Å². The molecule has 112 valence electrons. The Kier molecular flexibility index (Phi) is 3.59. The second kappa shape index (κ2) is 5.56. The van der Waals surface area contributed by atoms with Crippen molar-refractivity contribution in [2.45, 2.75) is 6.42 Å². The predicted molar refractivity (Wildman–Crippen MR) is 88.5 cm³/mol. The number of nitrogen functional groups attached to an aromatic ring is 1. The third kappa shape index (κ3) is 2.44. The van der Waals surface area contributed by atoms with Crippen molar-refractivity contribution in [3.05, 3.63) is 59.3 Å². The first-order chi connectivity index (χ1) is 10.6. The number of nitrogens with two attached hydrogens (primary N) is 1. The number of hydrogen-bond acceptors (Lipinski definition) is 3. The Bertz CT molecular complexity index is 850. The smallest absolute Gasteiger partial charge is 0.150 e. The molecule has 0 radical (unpaired) electrons. The van der Waals surface area contributed by atoms with Crippen LogP contribution >= 0.6 is 0 Å². The summed E-state index contributed by atoms with van der Waals surface area (Å²) in [7, 11) is 3.64. The highest BCUT2D eigenvalue weighted by atomic mass is 16.5. The standard InChI is InChI=1S/C18H18N2O2/c1-20-10-14(16-9-15(19)5-6-17(16)20)8-13-4-3-12(11-21)7-18(13)22-2/h3-7,9-11H,8,19H2,1-2H3. The number of anilines is 1. The van der Waals surface area contributed by atoms with Crippen LogP contribution in [-0.4, -0.2) is 18.0 Å². The SMILES string of the molecule is COc1cc(C=O)ccc1Cc1cn(C)c2ccc(N)cc12. The topological polar surface area (TPSA) is 57.2 Å². The van der Waals surface area contributed by atoms with Crippen molar-refractivity contribution < 1.29 is 9.53 Å². The molecule has 0 spiro atoms. The Morgan fingerprint density at radius 1 is 1.18 bits per heavy atom. The van der Waals surface area contributed by atoms with Crippen LogP contribution in [0.25, 0.3) is 10.9 Å². The molecule has 1 heterocycles. The van der Waals surface area contributed by atoms with Crippen molar-refractivity contribution >= 4 is 22.9 Å². The van der Waals surface area contributed by atoms with Gasteiger partial charge in [-0.3, -0.25) is 4.79 Å². The van der Waals surface area contributed by atoms with Gasteiger partial charge in [-0.2, -0.15) is 0 Å². The molecule has 0 aliphatic heterocycles. The van der Waals surface area contributed by atoms with Crippen LogP contribution in [0.3, 0.4) is 0 Å². The maximum absolute atomic E-state index is 10.9. The average molecular weight is 294 g/mol. The van der Waals surface area contributed by atoms with E-state index in [-0.39, 0.29) is 0 Å². The summed E-state index contributed by atoms with van der Waals surface area (Å²) < 4.78 is 7.51. The van der Waals surface area contributed by atoms with Crippen molar-refractivity contribution in [3.8, 4) is 5.75 Å². The van der Waals surface area contributed by atoms with Gasteiger partial charge in [0.1, 0.15) is 12.0 Å². The van der Waals surface area contributed by atoms with Gasteiger partial charge in [0.2, 0.25) is 0 Å². The number of carbonyl (C=O) groups is 1. The number of methoxy groups -OCH3 is 1. The normalized spacial score (nSPS) is 10.8. The molecule has 0 unspecified atom stereocenters. The molecule has 0 fully saturated rings. The highest BCUT2D eigenvalue weighted by molar-refractivity contribution is 5.87. The summed E-state index contributed by atoms with van der Waals surface area (Å²) in [5.74, 6) is 0.727. The first kappa shape index (κ1) is 14.2. The third-order valence-corrected chi connectivity index (χ3v) is 3.92. The highest BCUT2D eigenvalue weighted by Crippen LogP contribution is 2.28. The van der Waals surface area contributed by atoms with Crippen molar-refractivity contribution in [1.82, 2.24) is 4.57 Å². The minimum Gasteiger partial charge on any atom is -0.496 e. The third-order valence-electron chi connectivity index (χ3n) is 3.92. The summed E-state index contributed by atoms with van der Waals surface area (Å²) in [5.41, 5.74) is 10.7. The number of aryl methyl sites for hydroxylation is 1. The molecule has 0 saturated heterocycles. The lowest BCUT2D eigenvalue weighted by Gasteiger charge is -2.08. The lowest BCUT2D eigenvalue weighted by atomic mass is 10.0. The number of ether oxygens (including phenoxy) is 1. The fourth-order valence-corrected chi connectivity index (χ4v) is 2.82. The number of rotatable bonds is 4. The predicted octanol–water partition coefficient (Wildman–Crippen LogP) is 3.17. The summed E-state index contributed by atoms with van der Waals surface area (Å²) in [6.07, 6.45) is 3.66. The van der Waals surface area contributed by atoms with E-state index in [4.69, 9.17) is 10.5 Å². The second-order valence-corrected chi connectivity index (χ2v) is 5.41. The number of aromatic nitrogens is 1. The van der Waals surface area contributed by atoms with Crippen LogP contribution in [-0.2, 0) is 13.5 Å². The van der Waals surface area contributed by atoms with Crippen LogP contribution < -0.4 is 10.5 Å². The van der Waals surface area contributed by atoms with Gasteiger partial charge in [0.15, 0.2) is 0 Å². The molecule has 4 nitrogen and oxygen atoms in total. The van der Waals surface area contributed by atoms with E-state index in [0.717, 1.165) is 40.6 Å². The Labute approximate surface area is 129 Å². The van der Waals surface area contributed by atoms with Crippen molar-refractivity contribution in [3.63, 3.8) is 0 Å². The van der Waals surface area contributed by atoms with Crippen molar-refractivity contribution in [2.24, 2.45) is 7.05 Å². The molecule has 0 amide bonds. The molecule has 4 heteroatoms. The number of carbonyl (C=O) groups excluding carboxylic acids is 1. The monoisotopic (exact) mass is 294 g/mol. The van der Waals surface area contributed by atoms with Gasteiger partial charge in [0.05, 0.1) is 7.11 Å². The highest BCUT2D eigenvalue weighted by Gasteiger charge is 2.11. The molecule has 3 rings (SSSR count). The van der Waals surface area contributed by atoms with Gasteiger partial charge < -0.3 is 15.0 Å². The summed E-state index contributed by atoms with van der Waals surface area (Å²) in [5, 5.41) is 1.14. The van der Waals surface area contributed by atoms with Crippen LogP contribution in [0, 0.1) is 0 Å². The maximum atomic E-state index is 10.9. The minimum absolute atomic E-state index is 0.614. The van der Waals surface area contributed by atoms with Gasteiger partial charge in [-0.25, -0.2) is 0 Å². The van der Waals surface area contributed by atoms with E-state index in [9.17, 15) is 4.79 Å². The summed E-state index contributed by atoms with van der Waals surface area (Å²) in [6, 6.07) is 11.4. The van der Waals surface area contributed by atoms with Crippen LogP contribution in [0.15, 0.2) is 42.6 Å². The lowest BCUT2D eigenvalue weighted by Crippen LogP contribution is -1.95. The molecule has 0 aliphatic carbocycles. The average Bonchev–Trinajstić information content (AvgIpc) is 2.83. The summed E-state index contributed by atoms with van der Waals surface area (Å²) in [4.78, 5) is 10.9. The Morgan fingerprint density at radius 3 is 2.73 bits per heavy atom. The van der Waals surface area contributed by atoms with Crippen molar-refractivity contribution in [2.75, 3.05) is 12.8 Å². The number of aldehydes is 1. The van der Waals surface area contributed by atoms with Crippen LogP contribution in [0.2, 0.25) is 0 Å². The number of fused-ring (bicyclic) bond motifs is 1. The zero-order valence-corrected chi connectivity index (χ0v) is 12.7. The molecule has 0 saturated carbocycles. The van der Waals surface area contributed by atoms with Crippen LogP contribution in [0.1, 0.15) is 21.5 Å². The van der Waals surface area contributed by atoms with Gasteiger partial charge in [-0.05, 0) is 35.4 Å². The fraction of sp³-hybridized carbons (Fsp3) is 0.167. The number of benzene rings is 2. The molecule has 2 aromatic carbocycles. The summed E-state index contributed by atoms with van der Waals surface area (Å²) >= 11 is 0. The second-order valence-electron chi connectivity index (χ2n) is 5.41. The van der Waals surface area contributed by atoms with Crippen LogP contribution in [0.5, 0.6) is 5.75 Å². The Hall–Kier alpha value is -2.75. The fourth-order valence-electron chi connectivity index (χ4n) is 2.82. The summed E-state index contributed by atoms with van der Waals surface area (Å²) in [6.45, 7) is 0. The Morgan fingerprint density at radius 2 is 2.00 bits per heavy atom. The van der Waals surface area contributed by atoms with E-state index >= 15 is 0 Å². The van der Waals surface area contributed by atoms with Gasteiger partial charge in [-0.1, -0.05) is 12.1 Å². The van der Waals surface area contributed by atoms with E-state index in [1.54, 1.807) is 13.2 Å². The molecule has 22 heavy (non-hydrogen) atoms. The molecular weight excluding hydrogens is 276 g/mol. The van der Waals surface area contributed by atoms with Gasteiger partial charge >= 0.3 is 0 Å². The molecule has 0 bridgehead atoms. The maximum Gasteiger partial charge on any atom is 0.150 e. The first-order valence-corrected chi connectivity index (χ1v) is 7.08. The van der Waals surface area contributed by atoms with Crippen LogP contribution in [0.4, 0.5) is 5.69 Å². The minimum atomic E-state index is 0.614. The lowest BCUT2D eigenvalue weighted by molar-refractivity contribution is 0.112. The van der Waals surface area contributed by atoms with Crippen molar-refractivity contribution in [1.29, 1.82) is 0 Å². The molecular formula is C18H18N2O2. The molecule has 3 aromatic rings.